The van der Waals surface area contributed by atoms with Crippen molar-refractivity contribution in [3.05, 3.63) is 24.0 Å². The Hall–Kier alpha value is -1.23. The fourth-order valence-corrected chi connectivity index (χ4v) is 3.18. The lowest BCUT2D eigenvalue weighted by atomic mass is 10.1. The highest BCUT2D eigenvalue weighted by atomic mass is 32.2. The van der Waals surface area contributed by atoms with Crippen LogP contribution in [0.15, 0.2) is 18.5 Å². The van der Waals surface area contributed by atoms with Gasteiger partial charge in [0.1, 0.15) is 0 Å². The summed E-state index contributed by atoms with van der Waals surface area (Å²) in [6.07, 6.45) is 4.46. The number of thioether (sulfide) groups is 1. The van der Waals surface area contributed by atoms with Gasteiger partial charge in [0.25, 0.3) is 5.91 Å². The highest BCUT2D eigenvalue weighted by Crippen LogP contribution is 2.22. The van der Waals surface area contributed by atoms with Crippen LogP contribution in [-0.2, 0) is 0 Å². The van der Waals surface area contributed by atoms with Crippen LogP contribution in [0.2, 0.25) is 0 Å². The lowest BCUT2D eigenvalue weighted by molar-refractivity contribution is 0.0717. The fourth-order valence-electron chi connectivity index (χ4n) is 2.17. The summed E-state index contributed by atoms with van der Waals surface area (Å²) in [6, 6.07) is 2.12. The first-order valence-corrected chi connectivity index (χ1v) is 7.96. The van der Waals surface area contributed by atoms with E-state index in [-0.39, 0.29) is 5.91 Å². The van der Waals surface area contributed by atoms with Crippen LogP contribution in [0.4, 0.5) is 5.69 Å². The molecule has 0 aromatic carbocycles. The number of carbonyl (C=O) groups excluding carboxylic acids is 1. The molecule has 1 fully saturated rings. The molecule has 1 amide bonds. The van der Waals surface area contributed by atoms with E-state index in [4.69, 9.17) is 0 Å². The van der Waals surface area contributed by atoms with E-state index in [9.17, 15) is 4.79 Å². The molecule has 104 valence electrons. The molecule has 0 aliphatic carbocycles. The number of hydrogen-bond donors (Lipinski definition) is 1. The molecule has 2 rings (SSSR count). The molecule has 1 atom stereocenters. The zero-order valence-electron chi connectivity index (χ0n) is 11.6. The summed E-state index contributed by atoms with van der Waals surface area (Å²) >= 11 is 1.92. The van der Waals surface area contributed by atoms with Crippen molar-refractivity contribution >= 4 is 23.4 Å². The van der Waals surface area contributed by atoms with Crippen molar-refractivity contribution in [2.24, 2.45) is 0 Å². The van der Waals surface area contributed by atoms with E-state index >= 15 is 0 Å². The molecule has 0 radical (unpaired) electrons. The second-order valence-electron chi connectivity index (χ2n) is 4.77. The van der Waals surface area contributed by atoms with Gasteiger partial charge in [-0.1, -0.05) is 6.92 Å². The van der Waals surface area contributed by atoms with Crippen molar-refractivity contribution in [2.75, 3.05) is 29.9 Å². The first-order valence-electron chi connectivity index (χ1n) is 6.80. The number of pyridine rings is 1. The van der Waals surface area contributed by atoms with Crippen molar-refractivity contribution in [2.45, 2.75) is 26.3 Å². The zero-order chi connectivity index (χ0) is 13.7. The van der Waals surface area contributed by atoms with Gasteiger partial charge in [0, 0.05) is 36.8 Å². The largest absolute Gasteiger partial charge is 0.383 e. The highest BCUT2D eigenvalue weighted by Gasteiger charge is 2.25. The van der Waals surface area contributed by atoms with Gasteiger partial charge in [-0.25, -0.2) is 0 Å². The topological polar surface area (TPSA) is 45.2 Å². The van der Waals surface area contributed by atoms with Crippen LogP contribution >= 0.6 is 11.8 Å². The van der Waals surface area contributed by atoms with Crippen LogP contribution in [-0.4, -0.2) is 46.4 Å². The molecule has 0 spiro atoms. The van der Waals surface area contributed by atoms with Crippen molar-refractivity contribution in [1.82, 2.24) is 9.88 Å². The van der Waals surface area contributed by atoms with E-state index in [1.165, 1.54) is 0 Å². The smallest absolute Gasteiger partial charge is 0.256 e. The number of rotatable bonds is 4. The number of carbonyl (C=O) groups is 1. The van der Waals surface area contributed by atoms with Crippen molar-refractivity contribution < 1.29 is 4.79 Å². The predicted octanol–water partition coefficient (Wildman–Crippen LogP) is 2.48. The first-order chi connectivity index (χ1) is 9.24. The number of nitrogens with zero attached hydrogens (tertiary/aromatic N) is 2. The van der Waals surface area contributed by atoms with Gasteiger partial charge in [0.05, 0.1) is 17.4 Å². The average molecular weight is 279 g/mol. The Balaban J connectivity index is 2.17. The van der Waals surface area contributed by atoms with Crippen molar-refractivity contribution in [3.63, 3.8) is 0 Å². The third-order valence-corrected chi connectivity index (χ3v) is 4.43. The summed E-state index contributed by atoms with van der Waals surface area (Å²) in [5.74, 6) is 2.17. The molecule has 1 unspecified atom stereocenters. The van der Waals surface area contributed by atoms with Crippen LogP contribution in [0.5, 0.6) is 0 Å². The Morgan fingerprint density at radius 2 is 2.47 bits per heavy atom. The standard InChI is InChI=1S/C14H21N3OS/c1-3-5-16-13-9-15-6-4-12(13)14(18)17-7-8-19-10-11(17)2/h4,6,9,11,16H,3,5,7-8,10H2,1-2H3. The summed E-state index contributed by atoms with van der Waals surface area (Å²) < 4.78 is 0. The third-order valence-electron chi connectivity index (χ3n) is 3.25. The maximum Gasteiger partial charge on any atom is 0.256 e. The quantitative estimate of drug-likeness (QED) is 0.919. The molecule has 1 aromatic heterocycles. The monoisotopic (exact) mass is 279 g/mol. The lowest BCUT2D eigenvalue weighted by Gasteiger charge is -2.33. The van der Waals surface area contributed by atoms with E-state index in [1.807, 2.05) is 22.7 Å². The molecule has 1 N–H and O–H groups in total. The minimum atomic E-state index is 0.119. The highest BCUT2D eigenvalue weighted by molar-refractivity contribution is 7.99. The molecule has 19 heavy (non-hydrogen) atoms. The SMILES string of the molecule is CCCNc1cnccc1C(=O)N1CCSCC1C. The summed E-state index contributed by atoms with van der Waals surface area (Å²) in [6.45, 7) is 5.91. The normalized spacial score (nSPS) is 19.3. The number of aromatic nitrogens is 1. The molecule has 1 aliphatic rings. The van der Waals surface area contributed by atoms with Gasteiger partial charge >= 0.3 is 0 Å². The Bertz CT molecular complexity index is 438. The number of hydrogen-bond acceptors (Lipinski definition) is 4. The number of anilines is 1. The van der Waals surface area contributed by atoms with Crippen LogP contribution in [0.1, 0.15) is 30.6 Å². The predicted molar refractivity (Wildman–Crippen MR) is 80.8 cm³/mol. The van der Waals surface area contributed by atoms with Crippen LogP contribution in [0, 0.1) is 0 Å². The zero-order valence-corrected chi connectivity index (χ0v) is 12.4. The van der Waals surface area contributed by atoms with Crippen LogP contribution < -0.4 is 5.32 Å². The summed E-state index contributed by atoms with van der Waals surface area (Å²) in [5.41, 5.74) is 1.59. The van der Waals surface area contributed by atoms with E-state index in [1.54, 1.807) is 12.4 Å². The Labute approximate surface area is 119 Å². The molecule has 1 aliphatic heterocycles. The summed E-state index contributed by atoms with van der Waals surface area (Å²) in [7, 11) is 0. The lowest BCUT2D eigenvalue weighted by Crippen LogP contribution is -2.44. The fraction of sp³-hybridized carbons (Fsp3) is 0.571. The average Bonchev–Trinajstić information content (AvgIpc) is 2.45. The Morgan fingerprint density at radius 1 is 1.63 bits per heavy atom. The molecule has 5 heteroatoms. The van der Waals surface area contributed by atoms with Crippen molar-refractivity contribution in [3.8, 4) is 0 Å². The first kappa shape index (κ1) is 14.2. The summed E-state index contributed by atoms with van der Waals surface area (Å²) in [5, 5.41) is 3.28. The summed E-state index contributed by atoms with van der Waals surface area (Å²) in [4.78, 5) is 18.7. The number of nitrogens with one attached hydrogen (secondary N) is 1. The molecule has 2 heterocycles. The van der Waals surface area contributed by atoms with Gasteiger partial charge in [0.15, 0.2) is 0 Å². The van der Waals surface area contributed by atoms with Crippen LogP contribution in [0.25, 0.3) is 0 Å². The van der Waals surface area contributed by atoms with E-state index in [0.717, 1.165) is 42.3 Å². The number of amides is 1. The third kappa shape index (κ3) is 3.41. The second-order valence-corrected chi connectivity index (χ2v) is 5.92. The molecular formula is C14H21N3OS. The van der Waals surface area contributed by atoms with Gasteiger partial charge in [-0.05, 0) is 19.4 Å². The second kappa shape index (κ2) is 6.80. The van der Waals surface area contributed by atoms with Gasteiger partial charge in [-0.2, -0.15) is 11.8 Å². The molecular weight excluding hydrogens is 258 g/mol. The Morgan fingerprint density at radius 3 is 3.21 bits per heavy atom. The molecule has 0 bridgehead atoms. The molecule has 4 nitrogen and oxygen atoms in total. The maximum atomic E-state index is 12.6. The van der Waals surface area contributed by atoms with E-state index < -0.39 is 0 Å². The molecule has 1 aromatic rings. The van der Waals surface area contributed by atoms with Gasteiger partial charge < -0.3 is 10.2 Å². The maximum absolute atomic E-state index is 12.6. The van der Waals surface area contributed by atoms with E-state index in [2.05, 4.69) is 24.1 Å². The minimum Gasteiger partial charge on any atom is -0.383 e. The van der Waals surface area contributed by atoms with Crippen molar-refractivity contribution in [1.29, 1.82) is 0 Å². The molecule has 0 saturated carbocycles. The van der Waals surface area contributed by atoms with Gasteiger partial charge in [0.2, 0.25) is 0 Å². The Kier molecular flexibility index (Phi) is 5.07. The van der Waals surface area contributed by atoms with Gasteiger partial charge in [-0.15, -0.1) is 0 Å². The van der Waals surface area contributed by atoms with Gasteiger partial charge in [-0.3, -0.25) is 9.78 Å². The van der Waals surface area contributed by atoms with E-state index in [0.29, 0.717) is 6.04 Å². The van der Waals surface area contributed by atoms with Crippen LogP contribution in [0.3, 0.4) is 0 Å². The minimum absolute atomic E-state index is 0.119. The molecule has 1 saturated heterocycles.